The molecule has 0 aliphatic carbocycles. The molecule has 0 aliphatic heterocycles. The van der Waals surface area contributed by atoms with Crippen molar-refractivity contribution in [3.63, 3.8) is 0 Å². The standard InChI is InChI=1S/C9H14BrNO3S3/c1-15-5-4-7(6-12)11-17(13,14)9-3-2-8(10)16-9/h2-3,7,11-12H,4-6H2,1H3. The molecule has 1 rings (SSSR count). The van der Waals surface area contributed by atoms with E-state index in [0.29, 0.717) is 6.42 Å². The van der Waals surface area contributed by atoms with Crippen LogP contribution in [0.25, 0.3) is 0 Å². The summed E-state index contributed by atoms with van der Waals surface area (Å²) in [4.78, 5) is 0. The molecule has 0 fully saturated rings. The Morgan fingerprint density at radius 1 is 1.59 bits per heavy atom. The van der Waals surface area contributed by atoms with Gasteiger partial charge in [0.15, 0.2) is 0 Å². The third kappa shape index (κ3) is 4.88. The monoisotopic (exact) mass is 359 g/mol. The second-order valence-electron chi connectivity index (χ2n) is 3.34. The maximum Gasteiger partial charge on any atom is 0.250 e. The van der Waals surface area contributed by atoms with E-state index in [1.807, 2.05) is 6.26 Å². The molecular formula is C9H14BrNO3S3. The molecule has 8 heteroatoms. The maximum absolute atomic E-state index is 11.9. The Balaban J connectivity index is 2.71. The van der Waals surface area contributed by atoms with Gasteiger partial charge in [-0.3, -0.25) is 0 Å². The van der Waals surface area contributed by atoms with E-state index >= 15 is 0 Å². The molecule has 2 N–H and O–H groups in total. The zero-order valence-electron chi connectivity index (χ0n) is 9.22. The zero-order valence-corrected chi connectivity index (χ0v) is 13.3. The number of sulfonamides is 1. The van der Waals surface area contributed by atoms with Gasteiger partial charge in [0.05, 0.1) is 10.4 Å². The van der Waals surface area contributed by atoms with Gasteiger partial charge in [-0.05, 0) is 46.5 Å². The summed E-state index contributed by atoms with van der Waals surface area (Å²) in [6, 6.07) is 2.81. The number of thioether (sulfide) groups is 1. The number of aliphatic hydroxyl groups is 1. The van der Waals surface area contributed by atoms with E-state index in [-0.39, 0.29) is 10.8 Å². The van der Waals surface area contributed by atoms with Crippen molar-refractivity contribution in [2.75, 3.05) is 18.6 Å². The summed E-state index contributed by atoms with van der Waals surface area (Å²) in [5.41, 5.74) is 0. The Bertz CT molecular complexity index is 446. The number of thiophene rings is 1. The summed E-state index contributed by atoms with van der Waals surface area (Å²) >= 11 is 5.99. The molecule has 0 saturated carbocycles. The molecule has 1 aromatic rings. The molecule has 0 amide bonds. The van der Waals surface area contributed by atoms with Gasteiger partial charge in [0.25, 0.3) is 0 Å². The highest BCUT2D eigenvalue weighted by Gasteiger charge is 2.20. The Hall–Kier alpha value is 0.400. The van der Waals surface area contributed by atoms with Crippen LogP contribution in [-0.4, -0.2) is 38.2 Å². The number of hydrogen-bond acceptors (Lipinski definition) is 5. The Kier molecular flexibility index (Phi) is 6.46. The van der Waals surface area contributed by atoms with Gasteiger partial charge in [0.2, 0.25) is 10.0 Å². The average Bonchev–Trinajstić information content (AvgIpc) is 2.71. The van der Waals surface area contributed by atoms with Gasteiger partial charge in [0, 0.05) is 6.04 Å². The molecule has 1 heterocycles. The lowest BCUT2D eigenvalue weighted by Crippen LogP contribution is -2.37. The Morgan fingerprint density at radius 2 is 2.29 bits per heavy atom. The minimum Gasteiger partial charge on any atom is -0.395 e. The van der Waals surface area contributed by atoms with Crippen LogP contribution in [0.3, 0.4) is 0 Å². The molecule has 0 saturated heterocycles. The van der Waals surface area contributed by atoms with E-state index in [1.54, 1.807) is 23.9 Å². The first-order valence-electron chi connectivity index (χ1n) is 4.87. The topological polar surface area (TPSA) is 66.4 Å². The van der Waals surface area contributed by atoms with Gasteiger partial charge < -0.3 is 5.11 Å². The van der Waals surface area contributed by atoms with Gasteiger partial charge in [-0.25, -0.2) is 13.1 Å². The van der Waals surface area contributed by atoms with E-state index in [9.17, 15) is 8.42 Å². The Labute approximate surface area is 118 Å². The number of halogens is 1. The Morgan fingerprint density at radius 3 is 2.76 bits per heavy atom. The second-order valence-corrected chi connectivity index (χ2v) is 8.73. The third-order valence-electron chi connectivity index (χ3n) is 2.03. The lowest BCUT2D eigenvalue weighted by atomic mass is 10.3. The fraction of sp³-hybridized carbons (Fsp3) is 0.556. The number of hydrogen-bond donors (Lipinski definition) is 2. The first kappa shape index (κ1) is 15.5. The number of nitrogens with one attached hydrogen (secondary N) is 1. The zero-order chi connectivity index (χ0) is 12.9. The minimum absolute atomic E-state index is 0.188. The first-order chi connectivity index (χ1) is 7.99. The van der Waals surface area contributed by atoms with Crippen LogP contribution < -0.4 is 4.72 Å². The first-order valence-corrected chi connectivity index (χ1v) is 9.35. The minimum atomic E-state index is -3.51. The van der Waals surface area contributed by atoms with Crippen molar-refractivity contribution in [3.8, 4) is 0 Å². The molecule has 17 heavy (non-hydrogen) atoms. The van der Waals surface area contributed by atoms with Crippen LogP contribution >= 0.6 is 39.0 Å². The van der Waals surface area contributed by atoms with Crippen molar-refractivity contribution in [2.45, 2.75) is 16.7 Å². The average molecular weight is 360 g/mol. The summed E-state index contributed by atoms with van der Waals surface area (Å²) < 4.78 is 27.4. The largest absolute Gasteiger partial charge is 0.395 e. The van der Waals surface area contributed by atoms with E-state index in [4.69, 9.17) is 5.11 Å². The highest BCUT2D eigenvalue weighted by molar-refractivity contribution is 9.11. The molecule has 1 unspecified atom stereocenters. The van der Waals surface area contributed by atoms with E-state index in [2.05, 4.69) is 20.7 Å². The normalized spacial score (nSPS) is 13.8. The summed E-state index contributed by atoms with van der Waals surface area (Å²) in [6.45, 7) is -0.188. The van der Waals surface area contributed by atoms with E-state index < -0.39 is 16.1 Å². The SMILES string of the molecule is CSCCC(CO)NS(=O)(=O)c1ccc(Br)s1. The third-order valence-corrected chi connectivity index (χ3v) is 6.31. The second kappa shape index (κ2) is 7.10. The highest BCUT2D eigenvalue weighted by atomic mass is 79.9. The summed E-state index contributed by atoms with van der Waals surface area (Å²) in [5, 5.41) is 9.13. The summed E-state index contributed by atoms with van der Waals surface area (Å²) in [7, 11) is -3.51. The van der Waals surface area contributed by atoms with Crippen molar-refractivity contribution in [1.82, 2.24) is 4.72 Å². The molecule has 0 spiro atoms. The van der Waals surface area contributed by atoms with Crippen molar-refractivity contribution in [1.29, 1.82) is 0 Å². The van der Waals surface area contributed by atoms with Crippen LogP contribution in [0.4, 0.5) is 0 Å². The molecular weight excluding hydrogens is 346 g/mol. The van der Waals surface area contributed by atoms with Crippen LogP contribution in [0.2, 0.25) is 0 Å². The molecule has 0 bridgehead atoms. The van der Waals surface area contributed by atoms with Crippen molar-refractivity contribution < 1.29 is 13.5 Å². The summed E-state index contributed by atoms with van der Waals surface area (Å²) in [5.74, 6) is 0.807. The molecule has 0 radical (unpaired) electrons. The van der Waals surface area contributed by atoms with E-state index in [1.165, 1.54) is 0 Å². The number of aliphatic hydroxyl groups excluding tert-OH is 1. The van der Waals surface area contributed by atoms with Crippen molar-refractivity contribution in [2.24, 2.45) is 0 Å². The molecule has 98 valence electrons. The fourth-order valence-electron chi connectivity index (χ4n) is 1.17. The van der Waals surface area contributed by atoms with Crippen molar-refractivity contribution >= 4 is 49.1 Å². The van der Waals surface area contributed by atoms with Crippen LogP contribution in [0, 0.1) is 0 Å². The molecule has 1 atom stereocenters. The number of rotatable bonds is 7. The molecule has 4 nitrogen and oxygen atoms in total. The molecule has 1 aromatic heterocycles. The molecule has 0 aromatic carbocycles. The van der Waals surface area contributed by atoms with E-state index in [0.717, 1.165) is 20.9 Å². The fourth-order valence-corrected chi connectivity index (χ4v) is 4.98. The van der Waals surface area contributed by atoms with Gasteiger partial charge in [0.1, 0.15) is 4.21 Å². The predicted octanol–water partition coefficient (Wildman–Crippen LogP) is 1.90. The van der Waals surface area contributed by atoms with Crippen LogP contribution in [0.15, 0.2) is 20.1 Å². The van der Waals surface area contributed by atoms with Gasteiger partial charge in [-0.1, -0.05) is 0 Å². The quantitative estimate of drug-likeness (QED) is 0.780. The predicted molar refractivity (Wildman–Crippen MR) is 76.2 cm³/mol. The molecule has 0 aliphatic rings. The highest BCUT2D eigenvalue weighted by Crippen LogP contribution is 2.26. The van der Waals surface area contributed by atoms with Crippen LogP contribution in [-0.2, 0) is 10.0 Å². The van der Waals surface area contributed by atoms with Crippen LogP contribution in [0.1, 0.15) is 6.42 Å². The van der Waals surface area contributed by atoms with Gasteiger partial charge >= 0.3 is 0 Å². The van der Waals surface area contributed by atoms with Gasteiger partial charge in [-0.2, -0.15) is 11.8 Å². The van der Waals surface area contributed by atoms with Crippen LogP contribution in [0.5, 0.6) is 0 Å². The summed E-state index contributed by atoms with van der Waals surface area (Å²) in [6.07, 6.45) is 2.56. The van der Waals surface area contributed by atoms with Crippen molar-refractivity contribution in [3.05, 3.63) is 15.9 Å². The maximum atomic E-state index is 11.9. The smallest absolute Gasteiger partial charge is 0.250 e. The lowest BCUT2D eigenvalue weighted by molar-refractivity contribution is 0.254. The van der Waals surface area contributed by atoms with Gasteiger partial charge in [-0.15, -0.1) is 11.3 Å². The lowest BCUT2D eigenvalue weighted by Gasteiger charge is -2.14.